The van der Waals surface area contributed by atoms with Gasteiger partial charge in [-0.1, -0.05) is 6.92 Å². The van der Waals surface area contributed by atoms with Crippen LogP contribution in [-0.4, -0.2) is 33.0 Å². The molecular formula is C16H27NO3. The summed E-state index contributed by atoms with van der Waals surface area (Å²) in [6, 6.07) is 0. The Hall–Kier alpha value is -0.610. The van der Waals surface area contributed by atoms with E-state index in [1.54, 1.807) is 14.2 Å². The molecule has 0 aromatic rings. The number of ether oxygens (including phenoxy) is 2. The quantitative estimate of drug-likeness (QED) is 0.787. The van der Waals surface area contributed by atoms with Crippen molar-refractivity contribution in [1.82, 2.24) is 5.32 Å². The molecule has 4 fully saturated rings. The van der Waals surface area contributed by atoms with Gasteiger partial charge in [-0.2, -0.15) is 0 Å². The summed E-state index contributed by atoms with van der Waals surface area (Å²) in [6.45, 7) is 2.83. The van der Waals surface area contributed by atoms with E-state index in [1.807, 2.05) is 0 Å². The minimum absolute atomic E-state index is 0.106. The average Bonchev–Trinajstić information content (AvgIpc) is 2.36. The summed E-state index contributed by atoms with van der Waals surface area (Å²) in [7, 11) is 3.21. The minimum atomic E-state index is -0.344. The van der Waals surface area contributed by atoms with Crippen molar-refractivity contribution in [3.8, 4) is 0 Å². The Kier molecular flexibility index (Phi) is 3.57. The van der Waals surface area contributed by atoms with Crippen molar-refractivity contribution in [3.63, 3.8) is 0 Å². The third kappa shape index (κ3) is 2.37. The number of hydrogen-bond donors (Lipinski definition) is 1. The Morgan fingerprint density at radius 3 is 2.30 bits per heavy atom. The predicted octanol–water partition coefficient (Wildman–Crippen LogP) is 2.33. The second kappa shape index (κ2) is 4.99. The number of methoxy groups -OCH3 is 2. The first-order chi connectivity index (χ1) is 9.48. The van der Waals surface area contributed by atoms with Crippen molar-refractivity contribution in [2.75, 3.05) is 20.8 Å². The van der Waals surface area contributed by atoms with E-state index in [2.05, 4.69) is 12.2 Å². The molecule has 1 amide bonds. The highest BCUT2D eigenvalue weighted by Gasteiger charge is 2.58. The van der Waals surface area contributed by atoms with Gasteiger partial charge in [0.15, 0.2) is 6.29 Å². The smallest absolute Gasteiger partial charge is 0.226 e. The van der Waals surface area contributed by atoms with Gasteiger partial charge >= 0.3 is 0 Å². The first-order valence-electron chi connectivity index (χ1n) is 7.82. The summed E-state index contributed by atoms with van der Waals surface area (Å²) in [6.07, 6.45) is 6.93. The van der Waals surface area contributed by atoms with Crippen LogP contribution in [0.2, 0.25) is 0 Å². The summed E-state index contributed by atoms with van der Waals surface area (Å²) in [5.74, 6) is 1.78. The zero-order valence-electron chi connectivity index (χ0n) is 12.9. The standard InChI is InChI=1S/C16H27NO3/c1-15-5-11-4-12(6-15)8-16(7-11,10-15)14(18)17-9-13(19-2)20-3/h11-13H,4-10H2,1-3H3,(H,17,18). The van der Waals surface area contributed by atoms with Crippen LogP contribution in [0.4, 0.5) is 0 Å². The van der Waals surface area contributed by atoms with Crippen molar-refractivity contribution in [2.24, 2.45) is 22.7 Å². The first-order valence-corrected chi connectivity index (χ1v) is 7.82. The molecule has 4 heteroatoms. The summed E-state index contributed by atoms with van der Waals surface area (Å²) in [4.78, 5) is 12.8. The lowest BCUT2D eigenvalue weighted by Gasteiger charge is -2.60. The third-order valence-corrected chi connectivity index (χ3v) is 5.79. The van der Waals surface area contributed by atoms with Crippen LogP contribution in [-0.2, 0) is 14.3 Å². The molecule has 0 aliphatic heterocycles. The maximum absolute atomic E-state index is 12.8. The van der Waals surface area contributed by atoms with Gasteiger partial charge < -0.3 is 14.8 Å². The van der Waals surface area contributed by atoms with E-state index in [0.29, 0.717) is 12.0 Å². The molecule has 4 saturated carbocycles. The number of rotatable bonds is 5. The molecule has 4 aliphatic carbocycles. The largest absolute Gasteiger partial charge is 0.354 e. The lowest BCUT2D eigenvalue weighted by atomic mass is 9.44. The molecule has 1 N–H and O–H groups in total. The van der Waals surface area contributed by atoms with Crippen molar-refractivity contribution in [1.29, 1.82) is 0 Å². The molecule has 4 nitrogen and oxygen atoms in total. The summed E-state index contributed by atoms with van der Waals surface area (Å²) in [5, 5.41) is 3.07. The Morgan fingerprint density at radius 1 is 1.20 bits per heavy atom. The van der Waals surface area contributed by atoms with Crippen LogP contribution in [0.3, 0.4) is 0 Å². The molecule has 114 valence electrons. The SMILES string of the molecule is COC(CNC(=O)C12CC3CC(CC(C)(C3)C1)C2)OC. The fraction of sp³-hybridized carbons (Fsp3) is 0.938. The van der Waals surface area contributed by atoms with E-state index in [9.17, 15) is 4.79 Å². The van der Waals surface area contributed by atoms with Crippen LogP contribution < -0.4 is 5.32 Å². The zero-order valence-corrected chi connectivity index (χ0v) is 12.9. The molecule has 20 heavy (non-hydrogen) atoms. The maximum atomic E-state index is 12.8. The van der Waals surface area contributed by atoms with E-state index in [-0.39, 0.29) is 17.6 Å². The highest BCUT2D eigenvalue weighted by Crippen LogP contribution is 2.65. The Balaban J connectivity index is 1.68. The first kappa shape index (κ1) is 14.3. The van der Waals surface area contributed by atoms with Crippen LogP contribution in [0.1, 0.15) is 45.4 Å². The van der Waals surface area contributed by atoms with Crippen LogP contribution >= 0.6 is 0 Å². The molecule has 0 aromatic carbocycles. The van der Waals surface area contributed by atoms with Gasteiger partial charge in [0.05, 0.1) is 12.0 Å². The summed E-state index contributed by atoms with van der Waals surface area (Å²) in [5.41, 5.74) is 0.300. The monoisotopic (exact) mass is 281 g/mol. The lowest BCUT2D eigenvalue weighted by molar-refractivity contribution is -0.158. The van der Waals surface area contributed by atoms with Gasteiger partial charge in [-0.25, -0.2) is 0 Å². The van der Waals surface area contributed by atoms with Gasteiger partial charge in [-0.15, -0.1) is 0 Å². The van der Waals surface area contributed by atoms with Crippen molar-refractivity contribution >= 4 is 5.91 Å². The van der Waals surface area contributed by atoms with Gasteiger partial charge in [0.2, 0.25) is 5.91 Å². The van der Waals surface area contributed by atoms with E-state index >= 15 is 0 Å². The molecule has 4 bridgehead atoms. The van der Waals surface area contributed by atoms with Crippen LogP contribution in [0.25, 0.3) is 0 Å². The van der Waals surface area contributed by atoms with Gasteiger partial charge in [0, 0.05) is 14.2 Å². The molecule has 2 atom stereocenters. The molecule has 0 spiro atoms. The van der Waals surface area contributed by atoms with E-state index in [0.717, 1.165) is 31.1 Å². The molecule has 0 aromatic heterocycles. The molecule has 4 rings (SSSR count). The fourth-order valence-electron chi connectivity index (χ4n) is 5.61. The molecule has 0 heterocycles. The second-order valence-corrected chi connectivity index (χ2v) is 7.66. The number of hydrogen-bond acceptors (Lipinski definition) is 3. The van der Waals surface area contributed by atoms with Gasteiger partial charge in [-0.3, -0.25) is 4.79 Å². The Bertz CT molecular complexity index is 377. The zero-order chi connectivity index (χ0) is 14.4. The Labute approximate surface area is 121 Å². The number of nitrogens with one attached hydrogen (secondary N) is 1. The molecular weight excluding hydrogens is 254 g/mol. The molecule has 2 unspecified atom stereocenters. The molecule has 0 radical (unpaired) electrons. The van der Waals surface area contributed by atoms with Gasteiger partial charge in [0.25, 0.3) is 0 Å². The van der Waals surface area contributed by atoms with Gasteiger partial charge in [0.1, 0.15) is 0 Å². The van der Waals surface area contributed by atoms with Gasteiger partial charge in [-0.05, 0) is 55.8 Å². The molecule has 0 saturated heterocycles. The second-order valence-electron chi connectivity index (χ2n) is 7.66. The van der Waals surface area contributed by atoms with Crippen molar-refractivity contribution in [2.45, 2.75) is 51.7 Å². The number of carbonyl (C=O) groups is 1. The summed E-state index contributed by atoms with van der Waals surface area (Å²) >= 11 is 0. The minimum Gasteiger partial charge on any atom is -0.354 e. The third-order valence-electron chi connectivity index (χ3n) is 5.79. The summed E-state index contributed by atoms with van der Waals surface area (Å²) < 4.78 is 10.3. The fourth-order valence-corrected chi connectivity index (χ4v) is 5.61. The topological polar surface area (TPSA) is 47.6 Å². The number of carbonyl (C=O) groups excluding carboxylic acids is 1. The lowest BCUT2D eigenvalue weighted by Crippen LogP contribution is -2.57. The highest BCUT2D eigenvalue weighted by atomic mass is 16.7. The van der Waals surface area contributed by atoms with Crippen molar-refractivity contribution < 1.29 is 14.3 Å². The average molecular weight is 281 g/mol. The van der Waals surface area contributed by atoms with Crippen LogP contribution in [0, 0.1) is 22.7 Å². The van der Waals surface area contributed by atoms with E-state index in [1.165, 1.54) is 19.3 Å². The van der Waals surface area contributed by atoms with Crippen LogP contribution in [0.5, 0.6) is 0 Å². The molecule has 4 aliphatic rings. The van der Waals surface area contributed by atoms with E-state index < -0.39 is 0 Å². The van der Waals surface area contributed by atoms with Crippen LogP contribution in [0.15, 0.2) is 0 Å². The van der Waals surface area contributed by atoms with E-state index in [4.69, 9.17) is 9.47 Å². The Morgan fingerprint density at radius 2 is 1.80 bits per heavy atom. The van der Waals surface area contributed by atoms with Crippen molar-refractivity contribution in [3.05, 3.63) is 0 Å². The maximum Gasteiger partial charge on any atom is 0.226 e. The number of amides is 1. The highest BCUT2D eigenvalue weighted by molar-refractivity contribution is 5.83. The normalized spacial score (nSPS) is 42.2. The predicted molar refractivity (Wildman–Crippen MR) is 76.0 cm³/mol.